The second-order valence-corrected chi connectivity index (χ2v) is 28.9. The van der Waals surface area contributed by atoms with Crippen molar-refractivity contribution in [3.8, 4) is 0 Å². The van der Waals surface area contributed by atoms with Crippen LogP contribution in [0.5, 0.6) is 0 Å². The highest BCUT2D eigenvalue weighted by Crippen LogP contribution is 2.45. The molecule has 5 atom stereocenters. The molecule has 0 fully saturated rings. The molecular weight excluding hydrogens is 1260 g/mol. The zero-order valence-corrected chi connectivity index (χ0v) is 62.8. The predicted molar refractivity (Wildman–Crippen MR) is 390 cm³/mol. The van der Waals surface area contributed by atoms with Crippen LogP contribution >= 0.6 is 15.6 Å². The molecule has 0 saturated heterocycles. The summed E-state index contributed by atoms with van der Waals surface area (Å²) in [5, 5.41) is 10.6. The van der Waals surface area contributed by atoms with E-state index in [-0.39, 0.29) is 25.7 Å². The van der Waals surface area contributed by atoms with Crippen molar-refractivity contribution in [2.24, 2.45) is 0 Å². The third-order valence-electron chi connectivity index (χ3n) is 16.5. The lowest BCUT2D eigenvalue weighted by atomic mass is 10.0. The Hall–Kier alpha value is -3.24. The van der Waals surface area contributed by atoms with E-state index in [0.717, 1.165) is 103 Å². The Balaban J connectivity index is 5.36. The van der Waals surface area contributed by atoms with E-state index in [1.165, 1.54) is 161 Å². The number of unbranched alkanes of at least 4 members (excludes halogenated alkanes) is 37. The number of hydrogen-bond donors (Lipinski definition) is 3. The number of carbonyl (C=O) groups excluding carboxylic acids is 4. The molecule has 0 aromatic carbocycles. The van der Waals surface area contributed by atoms with Gasteiger partial charge in [-0.05, 0) is 89.9 Å². The van der Waals surface area contributed by atoms with Crippen molar-refractivity contribution in [1.82, 2.24) is 0 Å². The minimum Gasteiger partial charge on any atom is -0.462 e. The van der Waals surface area contributed by atoms with E-state index in [2.05, 4.69) is 76.3 Å². The van der Waals surface area contributed by atoms with Gasteiger partial charge in [0.1, 0.15) is 19.3 Å². The summed E-state index contributed by atoms with van der Waals surface area (Å²) >= 11 is 0. The van der Waals surface area contributed by atoms with Crippen molar-refractivity contribution in [3.05, 3.63) is 60.8 Å². The van der Waals surface area contributed by atoms with Crippen LogP contribution in [0.1, 0.15) is 349 Å². The molecule has 0 bridgehead atoms. The van der Waals surface area contributed by atoms with Gasteiger partial charge in [0, 0.05) is 25.7 Å². The first-order valence-corrected chi connectivity index (χ1v) is 41.5. The summed E-state index contributed by atoms with van der Waals surface area (Å²) in [7, 11) is -9.95. The van der Waals surface area contributed by atoms with Crippen LogP contribution in [-0.2, 0) is 65.4 Å². The molecule has 0 heterocycles. The van der Waals surface area contributed by atoms with Gasteiger partial charge in [0.05, 0.1) is 26.4 Å². The third kappa shape index (κ3) is 69.2. The topological polar surface area (TPSA) is 237 Å². The number of carbonyl (C=O) groups is 4. The second kappa shape index (κ2) is 70.2. The summed E-state index contributed by atoms with van der Waals surface area (Å²) in [6, 6.07) is 0. The van der Waals surface area contributed by atoms with Crippen molar-refractivity contribution in [3.63, 3.8) is 0 Å². The molecule has 0 rings (SSSR count). The standard InChI is InChI=1S/C77H140O17P2/c1-5-9-13-17-21-25-29-33-34-35-36-40-44-48-52-56-60-64-77(82)94-73(68-88-75(80)62-58-54-50-46-42-38-31-27-23-19-15-11-7-3)70-92-96(85,86)90-66-71(78)65-89-95(83,84)91-69-72(93-76(81)63-59-55-51-47-43-39-32-28-24-20-16-12-8-4)67-87-74(79)61-57-53-49-45-41-37-30-26-22-18-14-10-6-2/h21,25,28,32-34,36,40,48,52,71-73,78H,5-20,22-24,26-27,29-31,35,37-39,41-47,49-51,53-70H2,1-4H3,(H,83,84)(H,85,86)/b25-21-,32-28-,34-33-,40-36-,52-48-/t71-,72+,73+/m0/s1. The Labute approximate surface area is 584 Å². The van der Waals surface area contributed by atoms with Crippen molar-refractivity contribution in [2.45, 2.75) is 367 Å². The first kappa shape index (κ1) is 92.8. The number of esters is 4. The second-order valence-electron chi connectivity index (χ2n) is 26.0. The molecule has 0 saturated carbocycles. The molecule has 17 nitrogen and oxygen atoms in total. The largest absolute Gasteiger partial charge is 0.472 e. The maximum atomic E-state index is 13.1. The number of aliphatic hydroxyl groups is 1. The lowest BCUT2D eigenvalue weighted by Crippen LogP contribution is -2.30. The Morgan fingerprint density at radius 2 is 0.521 bits per heavy atom. The molecule has 0 aliphatic heterocycles. The van der Waals surface area contributed by atoms with Crippen LogP contribution in [0.25, 0.3) is 0 Å². The average molecular weight is 1400 g/mol. The van der Waals surface area contributed by atoms with Gasteiger partial charge in [-0.3, -0.25) is 37.3 Å². The molecule has 96 heavy (non-hydrogen) atoms. The number of phosphoric ester groups is 2. The van der Waals surface area contributed by atoms with Crippen LogP contribution in [0.2, 0.25) is 0 Å². The summed E-state index contributed by atoms with van der Waals surface area (Å²) in [5.74, 6) is -2.22. The van der Waals surface area contributed by atoms with Gasteiger partial charge >= 0.3 is 39.5 Å². The lowest BCUT2D eigenvalue weighted by Gasteiger charge is -2.21. The molecule has 0 aromatic rings. The van der Waals surface area contributed by atoms with E-state index in [0.29, 0.717) is 32.1 Å². The fourth-order valence-electron chi connectivity index (χ4n) is 10.6. The molecule has 0 amide bonds. The van der Waals surface area contributed by atoms with Crippen molar-refractivity contribution in [2.75, 3.05) is 39.6 Å². The Morgan fingerprint density at radius 3 is 0.865 bits per heavy atom. The van der Waals surface area contributed by atoms with Gasteiger partial charge in [0.25, 0.3) is 0 Å². The Bertz CT molecular complexity index is 2060. The monoisotopic (exact) mass is 1400 g/mol. The average Bonchev–Trinajstić information content (AvgIpc) is 1.26. The Morgan fingerprint density at radius 1 is 0.292 bits per heavy atom. The van der Waals surface area contributed by atoms with Gasteiger partial charge in [-0.1, -0.05) is 294 Å². The van der Waals surface area contributed by atoms with E-state index in [9.17, 15) is 43.2 Å². The number of hydrogen-bond acceptors (Lipinski definition) is 15. The van der Waals surface area contributed by atoms with Crippen LogP contribution in [0.15, 0.2) is 60.8 Å². The number of ether oxygens (including phenoxy) is 4. The zero-order chi connectivity index (χ0) is 70.4. The Kier molecular flexibility index (Phi) is 67.8. The molecule has 0 radical (unpaired) electrons. The molecule has 0 aliphatic carbocycles. The van der Waals surface area contributed by atoms with Crippen molar-refractivity contribution >= 4 is 39.5 Å². The molecule has 0 spiro atoms. The van der Waals surface area contributed by atoms with E-state index in [1.54, 1.807) is 0 Å². The quantitative estimate of drug-likeness (QED) is 0.0169. The highest BCUT2D eigenvalue weighted by atomic mass is 31.2. The molecule has 0 aliphatic rings. The van der Waals surface area contributed by atoms with Crippen LogP contribution in [0, 0.1) is 0 Å². The van der Waals surface area contributed by atoms with E-state index < -0.39 is 97.5 Å². The van der Waals surface area contributed by atoms with Crippen molar-refractivity contribution in [1.29, 1.82) is 0 Å². The molecule has 560 valence electrons. The predicted octanol–water partition coefficient (Wildman–Crippen LogP) is 21.9. The van der Waals surface area contributed by atoms with Crippen LogP contribution < -0.4 is 0 Å². The molecule has 19 heteroatoms. The highest BCUT2D eigenvalue weighted by molar-refractivity contribution is 7.47. The first-order valence-electron chi connectivity index (χ1n) is 38.5. The number of aliphatic hydroxyl groups excluding tert-OH is 1. The van der Waals surface area contributed by atoms with Gasteiger partial charge in [-0.15, -0.1) is 0 Å². The summed E-state index contributed by atoms with van der Waals surface area (Å²) < 4.78 is 68.4. The van der Waals surface area contributed by atoms with Gasteiger partial charge in [-0.2, -0.15) is 0 Å². The summed E-state index contributed by atoms with van der Waals surface area (Å²) in [5.41, 5.74) is 0. The number of allylic oxidation sites excluding steroid dienone is 10. The maximum Gasteiger partial charge on any atom is 0.472 e. The normalized spacial score (nSPS) is 14.3. The summed E-state index contributed by atoms with van der Waals surface area (Å²) in [6.45, 7) is 4.81. The fourth-order valence-corrected chi connectivity index (χ4v) is 12.1. The van der Waals surface area contributed by atoms with Crippen LogP contribution in [0.3, 0.4) is 0 Å². The van der Waals surface area contributed by atoms with E-state index in [4.69, 9.17) is 37.0 Å². The van der Waals surface area contributed by atoms with Gasteiger partial charge in [-0.25, -0.2) is 9.13 Å². The lowest BCUT2D eigenvalue weighted by molar-refractivity contribution is -0.161. The molecule has 2 unspecified atom stereocenters. The number of phosphoric acid groups is 2. The summed E-state index contributed by atoms with van der Waals surface area (Å²) in [6.07, 6.45) is 67.9. The smallest absolute Gasteiger partial charge is 0.462 e. The van der Waals surface area contributed by atoms with Gasteiger partial charge < -0.3 is 33.8 Å². The van der Waals surface area contributed by atoms with E-state index >= 15 is 0 Å². The van der Waals surface area contributed by atoms with Gasteiger partial charge in [0.2, 0.25) is 0 Å². The summed E-state index contributed by atoms with van der Waals surface area (Å²) in [4.78, 5) is 72.8. The third-order valence-corrected chi connectivity index (χ3v) is 18.4. The number of rotatable bonds is 73. The van der Waals surface area contributed by atoms with Gasteiger partial charge in [0.15, 0.2) is 12.2 Å². The van der Waals surface area contributed by atoms with Crippen molar-refractivity contribution < 1.29 is 80.2 Å². The minimum atomic E-state index is -4.98. The highest BCUT2D eigenvalue weighted by Gasteiger charge is 2.30. The minimum absolute atomic E-state index is 0.0241. The molecular formula is C77H140O17P2. The molecule has 0 aromatic heterocycles. The maximum absolute atomic E-state index is 13.1. The zero-order valence-electron chi connectivity index (χ0n) is 61.1. The van der Waals surface area contributed by atoms with Crippen LogP contribution in [0.4, 0.5) is 0 Å². The van der Waals surface area contributed by atoms with E-state index in [1.807, 2.05) is 12.2 Å². The van der Waals surface area contributed by atoms with Crippen LogP contribution in [-0.4, -0.2) is 96.7 Å². The first-order chi connectivity index (χ1) is 46.7. The molecule has 3 N–H and O–H groups in total. The SMILES string of the molecule is CCCCC/C=C\C/C=C\C/C=C\C/C=C\CCCC(=O)O[C@H](COC(=O)CCCCCCCCCCCCCCC)COP(=O)(O)OC[C@@H](O)COP(=O)(O)OC[C@@H](COC(=O)CCCCCCCCCCCCCCC)OC(=O)CCCCCCC/C=C\CCCCCC. The fraction of sp³-hybridized carbons (Fsp3) is 0.818.